The minimum atomic E-state index is -0.334. The first-order chi connectivity index (χ1) is 10.7. The highest BCUT2D eigenvalue weighted by Gasteiger charge is 2.16. The number of para-hydroxylation sites is 2. The fraction of sp³-hybridized carbons (Fsp3) is 0.316. The molecule has 0 saturated heterocycles. The zero-order chi connectivity index (χ0) is 15.9. The van der Waals surface area contributed by atoms with Crippen LogP contribution in [0, 0.1) is 0 Å². The number of hydrogen-bond donors (Lipinski definition) is 0. The summed E-state index contributed by atoms with van der Waals surface area (Å²) in [6.07, 6.45) is 1.71. The highest BCUT2D eigenvalue weighted by Crippen LogP contribution is 2.28. The van der Waals surface area contributed by atoms with Gasteiger partial charge in [0.2, 0.25) is 0 Å². The molecule has 0 saturated carbocycles. The van der Waals surface area contributed by atoms with Crippen molar-refractivity contribution in [1.82, 2.24) is 0 Å². The lowest BCUT2D eigenvalue weighted by Gasteiger charge is -2.13. The van der Waals surface area contributed by atoms with Crippen LogP contribution in [-0.4, -0.2) is 12.6 Å². The number of rotatable bonds is 6. The van der Waals surface area contributed by atoms with Crippen molar-refractivity contribution in [3.8, 4) is 11.5 Å². The minimum Gasteiger partial charge on any atom is -0.490 e. The highest BCUT2D eigenvalue weighted by molar-refractivity contribution is 5.93. The molecule has 0 spiro atoms. The molecule has 0 atom stereocenters. The molecule has 2 aromatic carbocycles. The van der Waals surface area contributed by atoms with Crippen LogP contribution in [-0.2, 0) is 12.8 Å². The predicted octanol–water partition coefficient (Wildman–Crippen LogP) is 4.43. The largest absolute Gasteiger partial charge is 0.490 e. The van der Waals surface area contributed by atoms with E-state index in [2.05, 4.69) is 19.9 Å². The number of carbonyl (C=O) groups is 1. The molecule has 2 aromatic rings. The summed E-state index contributed by atoms with van der Waals surface area (Å²) < 4.78 is 11.1. The third-order valence-electron chi connectivity index (χ3n) is 3.58. The molecular formula is C19H22O3. The smallest absolute Gasteiger partial charge is 0.343 e. The third-order valence-corrected chi connectivity index (χ3v) is 3.58. The van der Waals surface area contributed by atoms with Gasteiger partial charge in [0.05, 0.1) is 12.2 Å². The second-order valence-corrected chi connectivity index (χ2v) is 4.92. The predicted molar refractivity (Wildman–Crippen MR) is 87.8 cm³/mol. The Hall–Kier alpha value is -2.29. The molecule has 0 aromatic heterocycles. The van der Waals surface area contributed by atoms with Gasteiger partial charge in [-0.05, 0) is 49.1 Å². The average molecular weight is 298 g/mol. The summed E-state index contributed by atoms with van der Waals surface area (Å²) in [7, 11) is 0. The Labute approximate surface area is 131 Å². The Balaban J connectivity index is 2.30. The number of hydrogen-bond acceptors (Lipinski definition) is 3. The standard InChI is InChI=1S/C19H22O3/c1-4-14-10-9-11-16(15(14)5-2)19(20)22-18-13-8-7-12-17(18)21-6-3/h7-13H,4-6H2,1-3H3. The van der Waals surface area contributed by atoms with Gasteiger partial charge in [-0.15, -0.1) is 0 Å². The molecule has 0 aliphatic carbocycles. The minimum absolute atomic E-state index is 0.334. The van der Waals surface area contributed by atoms with Gasteiger partial charge in [0.1, 0.15) is 0 Å². The van der Waals surface area contributed by atoms with Gasteiger partial charge >= 0.3 is 5.97 Å². The number of carbonyl (C=O) groups excluding carboxylic acids is 1. The van der Waals surface area contributed by atoms with Crippen molar-refractivity contribution in [3.05, 3.63) is 59.2 Å². The Kier molecular flexibility index (Phi) is 5.59. The summed E-state index contributed by atoms with van der Waals surface area (Å²) in [6, 6.07) is 13.0. The highest BCUT2D eigenvalue weighted by atomic mass is 16.6. The van der Waals surface area contributed by atoms with Crippen LogP contribution in [0.2, 0.25) is 0 Å². The van der Waals surface area contributed by atoms with E-state index in [4.69, 9.17) is 9.47 Å². The molecule has 0 bridgehead atoms. The van der Waals surface area contributed by atoms with Crippen LogP contribution in [0.5, 0.6) is 11.5 Å². The average Bonchev–Trinajstić information content (AvgIpc) is 2.55. The van der Waals surface area contributed by atoms with Gasteiger partial charge < -0.3 is 9.47 Å². The Morgan fingerprint density at radius 1 is 0.909 bits per heavy atom. The van der Waals surface area contributed by atoms with Crippen LogP contribution in [0.15, 0.2) is 42.5 Å². The van der Waals surface area contributed by atoms with E-state index in [1.807, 2.05) is 31.2 Å². The molecule has 0 amide bonds. The SMILES string of the molecule is CCOc1ccccc1OC(=O)c1cccc(CC)c1CC. The van der Waals surface area contributed by atoms with Crippen LogP contribution < -0.4 is 9.47 Å². The van der Waals surface area contributed by atoms with E-state index >= 15 is 0 Å². The first kappa shape index (κ1) is 16.1. The van der Waals surface area contributed by atoms with Crippen LogP contribution in [0.3, 0.4) is 0 Å². The van der Waals surface area contributed by atoms with Crippen molar-refractivity contribution in [1.29, 1.82) is 0 Å². The first-order valence-corrected chi connectivity index (χ1v) is 7.75. The van der Waals surface area contributed by atoms with Crippen LogP contribution in [0.1, 0.15) is 42.3 Å². The number of ether oxygens (including phenoxy) is 2. The molecule has 0 fully saturated rings. The summed E-state index contributed by atoms with van der Waals surface area (Å²) in [5.41, 5.74) is 2.88. The topological polar surface area (TPSA) is 35.5 Å². The molecule has 0 unspecified atom stereocenters. The van der Waals surface area contributed by atoms with Gasteiger partial charge in [-0.2, -0.15) is 0 Å². The van der Waals surface area contributed by atoms with Crippen LogP contribution >= 0.6 is 0 Å². The van der Waals surface area contributed by atoms with Crippen molar-refractivity contribution in [2.24, 2.45) is 0 Å². The quantitative estimate of drug-likeness (QED) is 0.584. The molecule has 0 N–H and O–H groups in total. The molecule has 116 valence electrons. The summed E-state index contributed by atoms with van der Waals surface area (Å²) in [4.78, 5) is 12.5. The lowest BCUT2D eigenvalue weighted by Crippen LogP contribution is -2.13. The zero-order valence-corrected chi connectivity index (χ0v) is 13.4. The van der Waals surface area contributed by atoms with Crippen molar-refractivity contribution >= 4 is 5.97 Å². The summed E-state index contributed by atoms with van der Waals surface area (Å²) in [6.45, 7) is 6.58. The van der Waals surface area contributed by atoms with Gasteiger partial charge in [0, 0.05) is 0 Å². The maximum atomic E-state index is 12.5. The molecular weight excluding hydrogens is 276 g/mol. The molecule has 3 heteroatoms. The van der Waals surface area contributed by atoms with Gasteiger partial charge in [0.25, 0.3) is 0 Å². The van der Waals surface area contributed by atoms with Gasteiger partial charge in [0.15, 0.2) is 11.5 Å². The maximum Gasteiger partial charge on any atom is 0.343 e. The normalized spacial score (nSPS) is 10.3. The lowest BCUT2D eigenvalue weighted by atomic mass is 9.97. The Morgan fingerprint density at radius 3 is 2.27 bits per heavy atom. The molecule has 0 heterocycles. The van der Waals surface area contributed by atoms with Gasteiger partial charge in [-0.1, -0.05) is 38.1 Å². The van der Waals surface area contributed by atoms with E-state index in [1.165, 1.54) is 5.56 Å². The number of aryl methyl sites for hydroxylation is 1. The molecule has 2 rings (SSSR count). The third kappa shape index (κ3) is 3.48. The Morgan fingerprint density at radius 2 is 1.64 bits per heavy atom. The fourth-order valence-corrected chi connectivity index (χ4v) is 2.54. The summed E-state index contributed by atoms with van der Waals surface area (Å²) in [5.74, 6) is 0.709. The first-order valence-electron chi connectivity index (χ1n) is 7.75. The molecule has 3 nitrogen and oxygen atoms in total. The van der Waals surface area contributed by atoms with E-state index in [0.29, 0.717) is 23.7 Å². The van der Waals surface area contributed by atoms with E-state index in [0.717, 1.165) is 18.4 Å². The lowest BCUT2D eigenvalue weighted by molar-refractivity contribution is 0.0727. The summed E-state index contributed by atoms with van der Waals surface area (Å²) in [5, 5.41) is 0. The fourth-order valence-electron chi connectivity index (χ4n) is 2.54. The number of esters is 1. The second-order valence-electron chi connectivity index (χ2n) is 4.92. The zero-order valence-electron chi connectivity index (χ0n) is 13.4. The van der Waals surface area contributed by atoms with Crippen molar-refractivity contribution in [3.63, 3.8) is 0 Å². The molecule has 0 aliphatic heterocycles. The Bertz CT molecular complexity index is 647. The van der Waals surface area contributed by atoms with Crippen LogP contribution in [0.25, 0.3) is 0 Å². The molecule has 0 aliphatic rings. The van der Waals surface area contributed by atoms with Crippen LogP contribution in [0.4, 0.5) is 0 Å². The van der Waals surface area contributed by atoms with Gasteiger partial charge in [-0.25, -0.2) is 4.79 Å². The van der Waals surface area contributed by atoms with E-state index in [9.17, 15) is 4.79 Å². The van der Waals surface area contributed by atoms with Crippen molar-refractivity contribution < 1.29 is 14.3 Å². The molecule has 0 radical (unpaired) electrons. The van der Waals surface area contributed by atoms with E-state index < -0.39 is 0 Å². The summed E-state index contributed by atoms with van der Waals surface area (Å²) >= 11 is 0. The number of benzene rings is 2. The molecule has 22 heavy (non-hydrogen) atoms. The van der Waals surface area contributed by atoms with E-state index in [-0.39, 0.29) is 5.97 Å². The second kappa shape index (κ2) is 7.64. The van der Waals surface area contributed by atoms with Crippen molar-refractivity contribution in [2.45, 2.75) is 33.6 Å². The monoisotopic (exact) mass is 298 g/mol. The van der Waals surface area contributed by atoms with Crippen molar-refractivity contribution in [2.75, 3.05) is 6.61 Å². The van der Waals surface area contributed by atoms with E-state index in [1.54, 1.807) is 12.1 Å². The maximum absolute atomic E-state index is 12.5. The van der Waals surface area contributed by atoms with Gasteiger partial charge in [-0.3, -0.25) is 0 Å².